The van der Waals surface area contributed by atoms with Gasteiger partial charge in [0.1, 0.15) is 0 Å². The lowest BCUT2D eigenvalue weighted by molar-refractivity contribution is 0.117. The lowest BCUT2D eigenvalue weighted by Crippen LogP contribution is -2.47. The fourth-order valence-corrected chi connectivity index (χ4v) is 2.51. The summed E-state index contributed by atoms with van der Waals surface area (Å²) in [6.07, 6.45) is 5.40. The quantitative estimate of drug-likeness (QED) is 0.850. The number of likely N-dealkylation sites (tertiary alicyclic amines) is 1. The zero-order valence-electron chi connectivity index (χ0n) is 10.9. The summed E-state index contributed by atoms with van der Waals surface area (Å²) >= 11 is 0. The number of rotatable bonds is 5. The molecule has 1 fully saturated rings. The Hall–Kier alpha value is -0.870. The van der Waals surface area contributed by atoms with Crippen LogP contribution in [0.15, 0.2) is 16.8 Å². The predicted octanol–water partition coefficient (Wildman–Crippen LogP) is 2.03. The van der Waals surface area contributed by atoms with Gasteiger partial charge in [-0.05, 0) is 32.7 Å². The van der Waals surface area contributed by atoms with Crippen LogP contribution in [-0.4, -0.2) is 35.2 Å². The summed E-state index contributed by atoms with van der Waals surface area (Å²) in [5.41, 5.74) is 0. The Labute approximate surface area is 103 Å². The highest BCUT2D eigenvalue weighted by Crippen LogP contribution is 2.19. The lowest BCUT2D eigenvalue weighted by atomic mass is 9.98. The Morgan fingerprint density at radius 1 is 1.59 bits per heavy atom. The predicted molar refractivity (Wildman–Crippen MR) is 67.7 cm³/mol. The average molecular weight is 237 g/mol. The van der Waals surface area contributed by atoms with E-state index in [1.165, 1.54) is 19.3 Å². The van der Waals surface area contributed by atoms with Crippen molar-refractivity contribution in [1.29, 1.82) is 0 Å². The molecule has 0 spiro atoms. The average Bonchev–Trinajstić information content (AvgIpc) is 2.82. The van der Waals surface area contributed by atoms with Crippen molar-refractivity contribution < 1.29 is 4.52 Å². The van der Waals surface area contributed by atoms with Gasteiger partial charge in [0.25, 0.3) is 0 Å². The van der Waals surface area contributed by atoms with Crippen LogP contribution in [0.2, 0.25) is 0 Å². The molecule has 1 N–H and O–H groups in total. The molecule has 1 saturated heterocycles. The largest absolute Gasteiger partial charge is 0.360 e. The molecular weight excluding hydrogens is 214 g/mol. The Morgan fingerprint density at radius 3 is 3.12 bits per heavy atom. The molecule has 2 rings (SSSR count). The van der Waals surface area contributed by atoms with E-state index in [2.05, 4.69) is 29.2 Å². The molecule has 0 bridgehead atoms. The van der Waals surface area contributed by atoms with Crippen LogP contribution < -0.4 is 5.32 Å². The molecule has 1 aromatic rings. The van der Waals surface area contributed by atoms with Crippen LogP contribution in [0, 0.1) is 0 Å². The minimum absolute atomic E-state index is 0.614. The maximum atomic E-state index is 5.17. The van der Waals surface area contributed by atoms with Gasteiger partial charge in [0.15, 0.2) is 5.76 Å². The monoisotopic (exact) mass is 237 g/mol. The Balaban J connectivity index is 1.79. The smallest absolute Gasteiger partial charge is 0.150 e. The van der Waals surface area contributed by atoms with E-state index in [1.807, 2.05) is 6.07 Å². The molecule has 4 nitrogen and oxygen atoms in total. The minimum atomic E-state index is 0.614. The summed E-state index contributed by atoms with van der Waals surface area (Å²) in [7, 11) is 0. The van der Waals surface area contributed by atoms with E-state index in [-0.39, 0.29) is 0 Å². The van der Waals surface area contributed by atoms with Crippen LogP contribution in [-0.2, 0) is 6.54 Å². The second-order valence-corrected chi connectivity index (χ2v) is 4.97. The maximum absolute atomic E-state index is 5.17. The second kappa shape index (κ2) is 6.17. The number of nitrogens with one attached hydrogen (secondary N) is 1. The first-order valence-corrected chi connectivity index (χ1v) is 6.66. The second-order valence-electron chi connectivity index (χ2n) is 4.97. The number of piperidine rings is 1. The standard InChI is InChI=1S/C13H23N3O/c1-3-6-14-12-5-8-16(11(2)9-12)10-13-4-7-15-17-13/h4,7,11-12,14H,3,5-6,8-10H2,1-2H3. The minimum Gasteiger partial charge on any atom is -0.360 e. The Kier molecular flexibility index (Phi) is 4.57. The van der Waals surface area contributed by atoms with Crippen molar-refractivity contribution in [2.45, 2.75) is 51.7 Å². The van der Waals surface area contributed by atoms with Gasteiger partial charge in [-0.1, -0.05) is 12.1 Å². The number of nitrogens with zero attached hydrogens (tertiary/aromatic N) is 2. The zero-order valence-corrected chi connectivity index (χ0v) is 10.9. The van der Waals surface area contributed by atoms with Crippen molar-refractivity contribution >= 4 is 0 Å². The topological polar surface area (TPSA) is 41.3 Å². The molecule has 2 unspecified atom stereocenters. The highest BCUT2D eigenvalue weighted by molar-refractivity contribution is 4.94. The summed E-state index contributed by atoms with van der Waals surface area (Å²) in [6.45, 7) is 7.69. The van der Waals surface area contributed by atoms with Crippen LogP contribution in [0.3, 0.4) is 0 Å². The third-order valence-corrected chi connectivity index (χ3v) is 3.55. The lowest BCUT2D eigenvalue weighted by Gasteiger charge is -2.37. The summed E-state index contributed by atoms with van der Waals surface area (Å²) in [6, 6.07) is 3.26. The van der Waals surface area contributed by atoms with Gasteiger partial charge in [-0.2, -0.15) is 0 Å². The molecule has 1 aliphatic rings. The highest BCUT2D eigenvalue weighted by atomic mass is 16.5. The summed E-state index contributed by atoms with van der Waals surface area (Å²) in [5, 5.41) is 7.37. The van der Waals surface area contributed by atoms with E-state index in [0.29, 0.717) is 12.1 Å². The first-order valence-electron chi connectivity index (χ1n) is 6.66. The van der Waals surface area contributed by atoms with Crippen molar-refractivity contribution in [1.82, 2.24) is 15.4 Å². The molecule has 0 amide bonds. The molecule has 0 radical (unpaired) electrons. The Morgan fingerprint density at radius 2 is 2.47 bits per heavy atom. The molecule has 17 heavy (non-hydrogen) atoms. The molecule has 1 aliphatic heterocycles. The Bertz CT molecular complexity index is 312. The van der Waals surface area contributed by atoms with Crippen molar-refractivity contribution in [3.05, 3.63) is 18.0 Å². The molecule has 2 atom stereocenters. The van der Waals surface area contributed by atoms with E-state index in [1.54, 1.807) is 6.20 Å². The normalized spacial score (nSPS) is 26.2. The first kappa shape index (κ1) is 12.6. The van der Waals surface area contributed by atoms with Crippen LogP contribution in [0.4, 0.5) is 0 Å². The summed E-state index contributed by atoms with van der Waals surface area (Å²) in [5.74, 6) is 0.969. The SMILES string of the molecule is CCCNC1CCN(Cc2ccno2)C(C)C1. The van der Waals surface area contributed by atoms with Crippen molar-refractivity contribution in [2.24, 2.45) is 0 Å². The van der Waals surface area contributed by atoms with Crippen molar-refractivity contribution in [3.8, 4) is 0 Å². The maximum Gasteiger partial charge on any atom is 0.150 e. The van der Waals surface area contributed by atoms with Crippen LogP contribution in [0.5, 0.6) is 0 Å². The van der Waals surface area contributed by atoms with Crippen LogP contribution in [0.1, 0.15) is 38.9 Å². The van der Waals surface area contributed by atoms with E-state index < -0.39 is 0 Å². The fraction of sp³-hybridized carbons (Fsp3) is 0.769. The molecule has 0 aliphatic carbocycles. The fourth-order valence-electron chi connectivity index (χ4n) is 2.51. The van der Waals surface area contributed by atoms with Gasteiger partial charge in [-0.25, -0.2) is 0 Å². The number of hydrogen-bond donors (Lipinski definition) is 1. The highest BCUT2D eigenvalue weighted by Gasteiger charge is 2.25. The van der Waals surface area contributed by atoms with E-state index in [0.717, 1.165) is 25.4 Å². The van der Waals surface area contributed by atoms with Gasteiger partial charge in [-0.3, -0.25) is 4.90 Å². The van der Waals surface area contributed by atoms with Gasteiger partial charge >= 0.3 is 0 Å². The van der Waals surface area contributed by atoms with E-state index >= 15 is 0 Å². The van der Waals surface area contributed by atoms with Crippen LogP contribution >= 0.6 is 0 Å². The van der Waals surface area contributed by atoms with Gasteiger partial charge in [0.05, 0.1) is 12.7 Å². The molecular formula is C13H23N3O. The van der Waals surface area contributed by atoms with Crippen LogP contribution in [0.25, 0.3) is 0 Å². The van der Waals surface area contributed by atoms with E-state index in [4.69, 9.17) is 4.52 Å². The first-order chi connectivity index (χ1) is 8.29. The molecule has 0 saturated carbocycles. The molecule has 0 aromatic carbocycles. The third kappa shape index (κ3) is 3.54. The van der Waals surface area contributed by atoms with Crippen molar-refractivity contribution in [3.63, 3.8) is 0 Å². The number of hydrogen-bond acceptors (Lipinski definition) is 4. The third-order valence-electron chi connectivity index (χ3n) is 3.55. The van der Waals surface area contributed by atoms with Gasteiger partial charge in [0.2, 0.25) is 0 Å². The summed E-state index contributed by atoms with van der Waals surface area (Å²) < 4.78 is 5.17. The molecule has 2 heterocycles. The molecule has 96 valence electrons. The molecule has 4 heteroatoms. The van der Waals surface area contributed by atoms with Crippen molar-refractivity contribution in [2.75, 3.05) is 13.1 Å². The van der Waals surface area contributed by atoms with Gasteiger partial charge < -0.3 is 9.84 Å². The molecule has 1 aromatic heterocycles. The van der Waals surface area contributed by atoms with E-state index in [9.17, 15) is 0 Å². The zero-order chi connectivity index (χ0) is 12.1. The summed E-state index contributed by atoms with van der Waals surface area (Å²) in [4.78, 5) is 2.48. The number of aromatic nitrogens is 1. The van der Waals surface area contributed by atoms with Gasteiger partial charge in [0, 0.05) is 24.7 Å². The van der Waals surface area contributed by atoms with Gasteiger partial charge in [-0.15, -0.1) is 0 Å².